The van der Waals surface area contributed by atoms with Crippen molar-refractivity contribution < 1.29 is 14.7 Å². The summed E-state index contributed by atoms with van der Waals surface area (Å²) in [5, 5.41) is 11.6. The summed E-state index contributed by atoms with van der Waals surface area (Å²) in [6, 6.07) is 4.61. The van der Waals surface area contributed by atoms with Gasteiger partial charge < -0.3 is 10.4 Å². The Kier molecular flexibility index (Phi) is 4.70. The lowest BCUT2D eigenvalue weighted by atomic mass is 10.1. The minimum atomic E-state index is -1.05. The summed E-state index contributed by atoms with van der Waals surface area (Å²) < 4.78 is 0. The molecule has 1 amide bonds. The predicted octanol–water partition coefficient (Wildman–Crippen LogP) is 3.35. The average Bonchev–Trinajstić information content (AvgIpc) is 2.81. The van der Waals surface area contributed by atoms with Crippen molar-refractivity contribution in [3.8, 4) is 0 Å². The molecule has 110 valence electrons. The third-order valence-electron chi connectivity index (χ3n) is 3.01. The van der Waals surface area contributed by atoms with Gasteiger partial charge in [-0.3, -0.25) is 4.79 Å². The molecule has 2 rings (SSSR count). The van der Waals surface area contributed by atoms with Gasteiger partial charge in [0.15, 0.2) is 0 Å². The van der Waals surface area contributed by atoms with Crippen LogP contribution in [0, 0.1) is 6.92 Å². The number of aromatic nitrogens is 1. The summed E-state index contributed by atoms with van der Waals surface area (Å²) >= 11 is 1.44. The molecule has 0 saturated carbocycles. The van der Waals surface area contributed by atoms with E-state index in [2.05, 4.69) is 17.2 Å². The van der Waals surface area contributed by atoms with Crippen molar-refractivity contribution >= 4 is 29.0 Å². The number of carbonyl (C=O) groups excluding carboxylic acids is 1. The molecule has 21 heavy (non-hydrogen) atoms. The normalized spacial score (nSPS) is 10.4. The van der Waals surface area contributed by atoms with Crippen molar-refractivity contribution in [2.75, 3.05) is 5.32 Å². The molecule has 0 radical (unpaired) electrons. The number of aromatic carboxylic acids is 1. The molecule has 0 bridgehead atoms. The maximum Gasteiger partial charge on any atom is 0.335 e. The summed E-state index contributed by atoms with van der Waals surface area (Å²) in [5.41, 5.74) is 1.27. The van der Waals surface area contributed by atoms with Gasteiger partial charge in [-0.05, 0) is 37.1 Å². The quantitative estimate of drug-likeness (QED) is 0.887. The molecule has 6 heteroatoms. The second kappa shape index (κ2) is 6.49. The molecule has 0 fully saturated rings. The first kappa shape index (κ1) is 15.2. The Morgan fingerprint density at radius 2 is 2.14 bits per heavy atom. The SMILES string of the molecule is CCCc1cc(C(=O)Nc2cc(C(=O)O)ccn2)sc1C. The van der Waals surface area contributed by atoms with Crippen LogP contribution in [0.4, 0.5) is 5.82 Å². The number of carboxylic acids is 1. The van der Waals surface area contributed by atoms with Crippen molar-refractivity contribution in [2.24, 2.45) is 0 Å². The number of anilines is 1. The van der Waals surface area contributed by atoms with Gasteiger partial charge in [-0.2, -0.15) is 0 Å². The van der Waals surface area contributed by atoms with E-state index in [1.54, 1.807) is 0 Å². The minimum absolute atomic E-state index is 0.0920. The van der Waals surface area contributed by atoms with Crippen LogP contribution in [0.15, 0.2) is 24.4 Å². The number of pyridine rings is 1. The Labute approximate surface area is 126 Å². The lowest BCUT2D eigenvalue weighted by Crippen LogP contribution is -2.12. The van der Waals surface area contributed by atoms with Gasteiger partial charge in [-0.1, -0.05) is 13.3 Å². The zero-order valence-electron chi connectivity index (χ0n) is 11.8. The van der Waals surface area contributed by atoms with E-state index in [4.69, 9.17) is 5.11 Å². The van der Waals surface area contributed by atoms with Crippen molar-refractivity contribution in [3.05, 3.63) is 45.3 Å². The number of rotatable bonds is 5. The second-order valence-corrected chi connectivity index (χ2v) is 5.89. The van der Waals surface area contributed by atoms with Crippen LogP contribution in [0.2, 0.25) is 0 Å². The van der Waals surface area contributed by atoms with Crippen LogP contribution in [0.1, 0.15) is 43.8 Å². The first-order valence-electron chi connectivity index (χ1n) is 6.61. The first-order valence-corrected chi connectivity index (χ1v) is 7.43. The highest BCUT2D eigenvalue weighted by Crippen LogP contribution is 2.23. The van der Waals surface area contributed by atoms with Gasteiger partial charge in [0.05, 0.1) is 10.4 Å². The fraction of sp³-hybridized carbons (Fsp3) is 0.267. The summed E-state index contributed by atoms with van der Waals surface area (Å²) in [6.07, 6.45) is 3.34. The lowest BCUT2D eigenvalue weighted by molar-refractivity contribution is 0.0696. The molecule has 0 unspecified atom stereocenters. The molecule has 0 atom stereocenters. The molecule has 0 aliphatic rings. The number of aryl methyl sites for hydroxylation is 2. The number of amides is 1. The van der Waals surface area contributed by atoms with E-state index in [9.17, 15) is 9.59 Å². The molecule has 2 N–H and O–H groups in total. The Balaban J connectivity index is 2.16. The zero-order chi connectivity index (χ0) is 15.4. The van der Waals surface area contributed by atoms with Gasteiger partial charge in [0.2, 0.25) is 0 Å². The number of nitrogens with one attached hydrogen (secondary N) is 1. The lowest BCUT2D eigenvalue weighted by Gasteiger charge is -2.03. The van der Waals surface area contributed by atoms with E-state index in [0.717, 1.165) is 17.7 Å². The van der Waals surface area contributed by atoms with Crippen LogP contribution < -0.4 is 5.32 Å². The van der Waals surface area contributed by atoms with Crippen LogP contribution in [0.3, 0.4) is 0 Å². The molecule has 0 aliphatic carbocycles. The number of thiophene rings is 1. The highest BCUT2D eigenvalue weighted by molar-refractivity contribution is 7.14. The fourth-order valence-electron chi connectivity index (χ4n) is 1.96. The molecule has 0 aliphatic heterocycles. The highest BCUT2D eigenvalue weighted by Gasteiger charge is 2.13. The summed E-state index contributed by atoms with van der Waals surface area (Å²) in [5.74, 6) is -1.08. The predicted molar refractivity (Wildman–Crippen MR) is 82.2 cm³/mol. The third kappa shape index (κ3) is 3.66. The summed E-state index contributed by atoms with van der Waals surface area (Å²) in [6.45, 7) is 4.09. The monoisotopic (exact) mass is 304 g/mol. The minimum Gasteiger partial charge on any atom is -0.478 e. The van der Waals surface area contributed by atoms with Crippen molar-refractivity contribution in [1.82, 2.24) is 4.98 Å². The van der Waals surface area contributed by atoms with Gasteiger partial charge in [0.1, 0.15) is 5.82 Å². The molecule has 0 aromatic carbocycles. The molecular weight excluding hydrogens is 288 g/mol. The maximum atomic E-state index is 12.2. The Hall–Kier alpha value is -2.21. The summed E-state index contributed by atoms with van der Waals surface area (Å²) in [7, 11) is 0. The molecule has 2 aromatic rings. The fourth-order valence-corrected chi connectivity index (χ4v) is 2.93. The van der Waals surface area contributed by atoms with Gasteiger partial charge >= 0.3 is 5.97 Å². The molecular formula is C15H16N2O3S. The Morgan fingerprint density at radius 3 is 2.81 bits per heavy atom. The van der Waals surface area contributed by atoms with Crippen LogP contribution in [-0.4, -0.2) is 22.0 Å². The van der Waals surface area contributed by atoms with Crippen LogP contribution in [0.5, 0.6) is 0 Å². The molecule has 2 aromatic heterocycles. The van der Waals surface area contributed by atoms with Gasteiger partial charge in [-0.25, -0.2) is 9.78 Å². The number of carboxylic acid groups (broad SMARTS) is 1. The van der Waals surface area contributed by atoms with Gasteiger partial charge in [0.25, 0.3) is 5.91 Å². The third-order valence-corrected chi connectivity index (χ3v) is 4.10. The van der Waals surface area contributed by atoms with E-state index >= 15 is 0 Å². The largest absolute Gasteiger partial charge is 0.478 e. The zero-order valence-corrected chi connectivity index (χ0v) is 12.7. The van der Waals surface area contributed by atoms with Crippen LogP contribution in [0.25, 0.3) is 0 Å². The van der Waals surface area contributed by atoms with E-state index in [0.29, 0.717) is 4.88 Å². The first-order chi connectivity index (χ1) is 10.0. The van der Waals surface area contributed by atoms with Crippen molar-refractivity contribution in [2.45, 2.75) is 26.7 Å². The van der Waals surface area contributed by atoms with Crippen LogP contribution in [-0.2, 0) is 6.42 Å². The van der Waals surface area contributed by atoms with E-state index < -0.39 is 5.97 Å². The highest BCUT2D eigenvalue weighted by atomic mass is 32.1. The Bertz CT molecular complexity index is 679. The van der Waals surface area contributed by atoms with Gasteiger partial charge in [0, 0.05) is 11.1 Å². The number of nitrogens with zero attached hydrogens (tertiary/aromatic N) is 1. The molecule has 0 spiro atoms. The number of hydrogen-bond acceptors (Lipinski definition) is 4. The molecule has 5 nitrogen and oxygen atoms in total. The van der Waals surface area contributed by atoms with E-state index in [-0.39, 0.29) is 17.3 Å². The second-order valence-electron chi connectivity index (χ2n) is 4.63. The van der Waals surface area contributed by atoms with Gasteiger partial charge in [-0.15, -0.1) is 11.3 Å². The number of carbonyl (C=O) groups is 2. The van der Waals surface area contributed by atoms with E-state index in [1.807, 2.05) is 13.0 Å². The Morgan fingerprint density at radius 1 is 1.38 bits per heavy atom. The van der Waals surface area contributed by atoms with E-state index in [1.165, 1.54) is 35.2 Å². The molecule has 2 heterocycles. The maximum absolute atomic E-state index is 12.2. The van der Waals surface area contributed by atoms with Crippen molar-refractivity contribution in [3.63, 3.8) is 0 Å². The average molecular weight is 304 g/mol. The molecule has 0 saturated heterocycles. The smallest absolute Gasteiger partial charge is 0.335 e. The van der Waals surface area contributed by atoms with Crippen LogP contribution >= 0.6 is 11.3 Å². The number of hydrogen-bond donors (Lipinski definition) is 2. The topological polar surface area (TPSA) is 79.3 Å². The summed E-state index contributed by atoms with van der Waals surface area (Å²) in [4.78, 5) is 28.8. The van der Waals surface area contributed by atoms with Crippen molar-refractivity contribution in [1.29, 1.82) is 0 Å². The standard InChI is InChI=1S/C15H16N2O3S/c1-3-4-10-7-12(21-9(10)2)14(18)17-13-8-11(15(19)20)5-6-16-13/h5-8H,3-4H2,1-2H3,(H,19,20)(H,16,17,18).